The Morgan fingerprint density at radius 2 is 1.93 bits per heavy atom. The van der Waals surface area contributed by atoms with Gasteiger partial charge in [-0.05, 0) is 30.5 Å². The SMILES string of the molecule is FC1(Cc2cccc(Br)c2)CCCCC1. The monoisotopic (exact) mass is 270 g/mol. The van der Waals surface area contributed by atoms with Gasteiger partial charge >= 0.3 is 0 Å². The van der Waals surface area contributed by atoms with Gasteiger partial charge in [-0.2, -0.15) is 0 Å². The van der Waals surface area contributed by atoms with Crippen LogP contribution in [0.25, 0.3) is 0 Å². The van der Waals surface area contributed by atoms with Gasteiger partial charge < -0.3 is 0 Å². The van der Waals surface area contributed by atoms with Crippen LogP contribution in [0.15, 0.2) is 28.7 Å². The van der Waals surface area contributed by atoms with Crippen molar-refractivity contribution in [1.82, 2.24) is 0 Å². The summed E-state index contributed by atoms with van der Waals surface area (Å²) in [5.41, 5.74) is 0.160. The van der Waals surface area contributed by atoms with Crippen LogP contribution in [0.5, 0.6) is 0 Å². The lowest BCUT2D eigenvalue weighted by Crippen LogP contribution is -2.28. The molecule has 0 nitrogen and oxygen atoms in total. The zero-order valence-corrected chi connectivity index (χ0v) is 10.4. The highest BCUT2D eigenvalue weighted by molar-refractivity contribution is 9.10. The summed E-state index contributed by atoms with van der Waals surface area (Å²) in [6.07, 6.45) is 5.34. The lowest BCUT2D eigenvalue weighted by Gasteiger charge is -2.29. The summed E-state index contributed by atoms with van der Waals surface area (Å²) in [6, 6.07) is 8.00. The van der Waals surface area contributed by atoms with E-state index in [4.69, 9.17) is 0 Å². The Kier molecular flexibility index (Phi) is 3.45. The fourth-order valence-electron chi connectivity index (χ4n) is 2.37. The van der Waals surface area contributed by atoms with Crippen LogP contribution >= 0.6 is 15.9 Å². The Balaban J connectivity index is 2.06. The maximum Gasteiger partial charge on any atom is 0.115 e. The number of hydrogen-bond donors (Lipinski definition) is 0. The van der Waals surface area contributed by atoms with E-state index >= 15 is 0 Å². The van der Waals surface area contributed by atoms with Gasteiger partial charge in [-0.25, -0.2) is 4.39 Å². The van der Waals surface area contributed by atoms with Crippen molar-refractivity contribution < 1.29 is 4.39 Å². The number of benzene rings is 1. The van der Waals surface area contributed by atoms with Gasteiger partial charge in [-0.1, -0.05) is 47.3 Å². The number of hydrogen-bond acceptors (Lipinski definition) is 0. The van der Waals surface area contributed by atoms with Gasteiger partial charge in [-0.15, -0.1) is 0 Å². The number of rotatable bonds is 2. The van der Waals surface area contributed by atoms with Crippen molar-refractivity contribution in [3.8, 4) is 0 Å². The minimum atomic E-state index is -0.945. The lowest BCUT2D eigenvalue weighted by molar-refractivity contribution is 0.107. The van der Waals surface area contributed by atoms with Gasteiger partial charge in [-0.3, -0.25) is 0 Å². The molecule has 1 aliphatic carbocycles. The highest BCUT2D eigenvalue weighted by Crippen LogP contribution is 2.35. The molecule has 0 amide bonds. The fraction of sp³-hybridized carbons (Fsp3) is 0.538. The molecule has 1 saturated carbocycles. The maximum atomic E-state index is 14.4. The molecule has 1 aromatic carbocycles. The third kappa shape index (κ3) is 3.04. The van der Waals surface area contributed by atoms with E-state index in [1.807, 2.05) is 24.3 Å². The average molecular weight is 271 g/mol. The zero-order chi connectivity index (χ0) is 10.7. The minimum absolute atomic E-state index is 0.576. The van der Waals surface area contributed by atoms with E-state index in [0.29, 0.717) is 6.42 Å². The van der Waals surface area contributed by atoms with Crippen LogP contribution in [-0.4, -0.2) is 5.67 Å². The summed E-state index contributed by atoms with van der Waals surface area (Å²) in [6.45, 7) is 0. The average Bonchev–Trinajstić information content (AvgIpc) is 2.18. The maximum absolute atomic E-state index is 14.4. The second kappa shape index (κ2) is 4.65. The van der Waals surface area contributed by atoms with E-state index in [9.17, 15) is 4.39 Å². The summed E-state index contributed by atoms with van der Waals surface area (Å²) >= 11 is 3.42. The lowest BCUT2D eigenvalue weighted by atomic mass is 9.82. The van der Waals surface area contributed by atoms with Crippen LogP contribution < -0.4 is 0 Å². The first-order valence-electron chi connectivity index (χ1n) is 5.61. The van der Waals surface area contributed by atoms with Crippen molar-refractivity contribution in [3.63, 3.8) is 0 Å². The molecule has 0 unspecified atom stereocenters. The quantitative estimate of drug-likeness (QED) is 0.733. The highest BCUT2D eigenvalue weighted by atomic mass is 79.9. The molecular formula is C13H16BrF. The van der Waals surface area contributed by atoms with Crippen molar-refractivity contribution in [1.29, 1.82) is 0 Å². The molecule has 0 saturated heterocycles. The van der Waals surface area contributed by atoms with Gasteiger partial charge in [0.2, 0.25) is 0 Å². The van der Waals surface area contributed by atoms with Crippen LogP contribution in [0.3, 0.4) is 0 Å². The normalized spacial score (nSPS) is 20.1. The molecule has 0 aromatic heterocycles. The van der Waals surface area contributed by atoms with E-state index < -0.39 is 5.67 Å². The molecule has 0 atom stereocenters. The number of halogens is 2. The molecule has 0 N–H and O–H groups in total. The Bertz CT molecular complexity index is 329. The van der Waals surface area contributed by atoms with Gasteiger partial charge in [0.15, 0.2) is 0 Å². The van der Waals surface area contributed by atoms with Crippen LogP contribution in [0.2, 0.25) is 0 Å². The smallest absolute Gasteiger partial charge is 0.115 e. The van der Waals surface area contributed by atoms with Crippen LogP contribution in [0.4, 0.5) is 4.39 Å². The molecule has 0 spiro atoms. The molecule has 2 rings (SSSR count). The molecular weight excluding hydrogens is 255 g/mol. The molecule has 1 aliphatic rings. The predicted octanol–water partition coefficient (Wildman–Crippen LogP) is 4.66. The Morgan fingerprint density at radius 3 is 2.60 bits per heavy atom. The van der Waals surface area contributed by atoms with Crippen LogP contribution in [0, 0.1) is 0 Å². The largest absolute Gasteiger partial charge is 0.244 e. The van der Waals surface area contributed by atoms with Gasteiger partial charge in [0.25, 0.3) is 0 Å². The molecule has 1 aromatic rings. The minimum Gasteiger partial charge on any atom is -0.244 e. The Labute approximate surface area is 99.0 Å². The van der Waals surface area contributed by atoms with Crippen molar-refractivity contribution in [2.24, 2.45) is 0 Å². The second-order valence-electron chi connectivity index (χ2n) is 4.52. The van der Waals surface area contributed by atoms with E-state index in [1.54, 1.807) is 0 Å². The molecule has 0 bridgehead atoms. The van der Waals surface area contributed by atoms with E-state index in [1.165, 1.54) is 6.42 Å². The Morgan fingerprint density at radius 1 is 1.20 bits per heavy atom. The van der Waals surface area contributed by atoms with Crippen molar-refractivity contribution >= 4 is 15.9 Å². The van der Waals surface area contributed by atoms with Crippen LogP contribution in [-0.2, 0) is 6.42 Å². The third-order valence-electron chi connectivity index (χ3n) is 3.16. The summed E-state index contributed by atoms with van der Waals surface area (Å²) in [5, 5.41) is 0. The van der Waals surface area contributed by atoms with Crippen molar-refractivity contribution in [2.75, 3.05) is 0 Å². The molecule has 15 heavy (non-hydrogen) atoms. The summed E-state index contributed by atoms with van der Waals surface area (Å²) in [5.74, 6) is 0. The summed E-state index contributed by atoms with van der Waals surface area (Å²) < 4.78 is 15.4. The van der Waals surface area contributed by atoms with E-state index in [0.717, 1.165) is 35.7 Å². The van der Waals surface area contributed by atoms with E-state index in [-0.39, 0.29) is 0 Å². The molecule has 0 aliphatic heterocycles. The van der Waals surface area contributed by atoms with Crippen molar-refractivity contribution in [3.05, 3.63) is 34.3 Å². The summed E-state index contributed by atoms with van der Waals surface area (Å²) in [4.78, 5) is 0. The van der Waals surface area contributed by atoms with Crippen LogP contribution in [0.1, 0.15) is 37.7 Å². The predicted molar refractivity (Wildman–Crippen MR) is 64.8 cm³/mol. The van der Waals surface area contributed by atoms with Gasteiger partial charge in [0.1, 0.15) is 5.67 Å². The topological polar surface area (TPSA) is 0 Å². The highest BCUT2D eigenvalue weighted by Gasteiger charge is 2.31. The second-order valence-corrected chi connectivity index (χ2v) is 5.43. The van der Waals surface area contributed by atoms with Crippen molar-refractivity contribution in [2.45, 2.75) is 44.2 Å². The van der Waals surface area contributed by atoms with Gasteiger partial charge in [0, 0.05) is 10.9 Å². The first kappa shape index (κ1) is 11.1. The molecule has 82 valence electrons. The molecule has 1 fully saturated rings. The Hall–Kier alpha value is -0.370. The zero-order valence-electron chi connectivity index (χ0n) is 8.81. The fourth-order valence-corrected chi connectivity index (χ4v) is 2.82. The first-order valence-corrected chi connectivity index (χ1v) is 6.41. The molecule has 0 radical (unpaired) electrons. The first-order chi connectivity index (χ1) is 7.18. The third-order valence-corrected chi connectivity index (χ3v) is 3.65. The molecule has 0 heterocycles. The summed E-state index contributed by atoms with van der Waals surface area (Å²) in [7, 11) is 0. The molecule has 2 heteroatoms. The van der Waals surface area contributed by atoms with E-state index in [2.05, 4.69) is 15.9 Å². The van der Waals surface area contributed by atoms with Gasteiger partial charge in [0.05, 0.1) is 0 Å². The standard InChI is InChI=1S/C13H16BrF/c14-12-6-4-5-11(9-12)10-13(15)7-2-1-3-8-13/h4-6,9H,1-3,7-8,10H2. The number of alkyl halides is 1.